The van der Waals surface area contributed by atoms with E-state index < -0.39 is 11.5 Å². The first-order valence-corrected chi connectivity index (χ1v) is 8.69. The molecule has 3 heterocycles. The number of methoxy groups -OCH3 is 1. The van der Waals surface area contributed by atoms with E-state index in [4.69, 9.17) is 4.74 Å². The molecule has 0 aliphatic heterocycles. The fraction of sp³-hybridized carbons (Fsp3) is 0.250. The van der Waals surface area contributed by atoms with Gasteiger partial charge in [-0.25, -0.2) is 4.98 Å². The summed E-state index contributed by atoms with van der Waals surface area (Å²) in [6, 6.07) is 3.48. The van der Waals surface area contributed by atoms with Gasteiger partial charge in [-0.1, -0.05) is 0 Å². The van der Waals surface area contributed by atoms with Crippen LogP contribution in [-0.2, 0) is 6.54 Å². The summed E-state index contributed by atoms with van der Waals surface area (Å²) in [6.45, 7) is 5.61. The van der Waals surface area contributed by atoms with E-state index >= 15 is 0 Å². The molecule has 0 aliphatic rings. The normalized spacial score (nSPS) is 10.6. The van der Waals surface area contributed by atoms with Crippen LogP contribution in [0.5, 0.6) is 5.88 Å². The van der Waals surface area contributed by atoms with Gasteiger partial charge in [-0.2, -0.15) is 0 Å². The standard InChI is InChI=1S/C20H21N5O3/c1-12-6-8-25(11-15-10-22-14(3)9-23-15)20(27)16(12)18(26)24-17-13(2)5-7-21-19(17)28-4/h5-10H,11H2,1-4H3,(H,24,26). The SMILES string of the molecule is COc1nccc(C)c1NC(=O)c1c(C)ccn(Cc2cnc(C)cn2)c1=O. The second-order valence-electron chi connectivity index (χ2n) is 6.42. The van der Waals surface area contributed by atoms with Crippen molar-refractivity contribution >= 4 is 11.6 Å². The molecule has 0 unspecified atom stereocenters. The topological polar surface area (TPSA) is 99.0 Å². The average Bonchev–Trinajstić information content (AvgIpc) is 2.67. The monoisotopic (exact) mass is 379 g/mol. The van der Waals surface area contributed by atoms with E-state index in [0.717, 1.165) is 11.3 Å². The minimum atomic E-state index is -0.513. The lowest BCUT2D eigenvalue weighted by Crippen LogP contribution is -2.31. The maximum Gasteiger partial charge on any atom is 0.264 e. The second-order valence-corrected chi connectivity index (χ2v) is 6.42. The van der Waals surface area contributed by atoms with Crippen LogP contribution in [0.3, 0.4) is 0 Å². The van der Waals surface area contributed by atoms with E-state index in [2.05, 4.69) is 20.3 Å². The highest BCUT2D eigenvalue weighted by molar-refractivity contribution is 6.06. The molecule has 0 saturated heterocycles. The Hall–Kier alpha value is -3.55. The van der Waals surface area contributed by atoms with Crippen molar-refractivity contribution < 1.29 is 9.53 Å². The molecule has 3 aromatic heterocycles. The van der Waals surface area contributed by atoms with Crippen molar-refractivity contribution in [3.8, 4) is 5.88 Å². The van der Waals surface area contributed by atoms with E-state index in [1.165, 1.54) is 11.7 Å². The van der Waals surface area contributed by atoms with Gasteiger partial charge in [-0.15, -0.1) is 0 Å². The highest BCUT2D eigenvalue weighted by Gasteiger charge is 2.19. The Kier molecular flexibility index (Phi) is 5.49. The number of carbonyl (C=O) groups excluding carboxylic acids is 1. The molecule has 0 aliphatic carbocycles. The third-order valence-electron chi connectivity index (χ3n) is 4.32. The van der Waals surface area contributed by atoms with Gasteiger partial charge in [0.05, 0.1) is 31.2 Å². The molecule has 3 aromatic rings. The van der Waals surface area contributed by atoms with Crippen LogP contribution in [0, 0.1) is 20.8 Å². The van der Waals surface area contributed by atoms with E-state index in [9.17, 15) is 9.59 Å². The summed E-state index contributed by atoms with van der Waals surface area (Å²) in [4.78, 5) is 38.4. The third kappa shape index (κ3) is 3.90. The van der Waals surface area contributed by atoms with Crippen LogP contribution in [0.2, 0.25) is 0 Å². The van der Waals surface area contributed by atoms with Crippen molar-refractivity contribution in [1.29, 1.82) is 0 Å². The summed E-state index contributed by atoms with van der Waals surface area (Å²) >= 11 is 0. The van der Waals surface area contributed by atoms with E-state index in [1.54, 1.807) is 43.8 Å². The molecule has 144 valence electrons. The molecule has 28 heavy (non-hydrogen) atoms. The lowest BCUT2D eigenvalue weighted by Gasteiger charge is -2.14. The van der Waals surface area contributed by atoms with Gasteiger partial charge < -0.3 is 14.6 Å². The zero-order chi connectivity index (χ0) is 20.3. The Labute approximate surface area is 162 Å². The molecule has 0 aromatic carbocycles. The van der Waals surface area contributed by atoms with Crippen molar-refractivity contribution in [3.63, 3.8) is 0 Å². The fourth-order valence-electron chi connectivity index (χ4n) is 2.76. The molecular weight excluding hydrogens is 358 g/mol. The predicted molar refractivity (Wildman–Crippen MR) is 105 cm³/mol. The Bertz CT molecular complexity index is 1070. The predicted octanol–water partition coefficient (Wildman–Crippen LogP) is 2.27. The smallest absolute Gasteiger partial charge is 0.264 e. The molecule has 0 atom stereocenters. The number of aromatic nitrogens is 4. The number of ether oxygens (including phenoxy) is 1. The van der Waals surface area contributed by atoms with Crippen molar-refractivity contribution in [1.82, 2.24) is 19.5 Å². The van der Waals surface area contributed by atoms with Gasteiger partial charge in [0.1, 0.15) is 11.3 Å². The molecule has 8 heteroatoms. The molecule has 1 N–H and O–H groups in total. The fourth-order valence-corrected chi connectivity index (χ4v) is 2.76. The van der Waals surface area contributed by atoms with Crippen LogP contribution in [0.4, 0.5) is 5.69 Å². The number of hydrogen-bond donors (Lipinski definition) is 1. The van der Waals surface area contributed by atoms with Crippen LogP contribution in [0.25, 0.3) is 0 Å². The molecule has 0 fully saturated rings. The molecule has 0 radical (unpaired) electrons. The number of anilines is 1. The third-order valence-corrected chi connectivity index (χ3v) is 4.32. The van der Waals surface area contributed by atoms with Gasteiger partial charge in [0, 0.05) is 18.6 Å². The highest BCUT2D eigenvalue weighted by atomic mass is 16.5. The first-order valence-electron chi connectivity index (χ1n) is 8.69. The first kappa shape index (κ1) is 19.2. The zero-order valence-corrected chi connectivity index (χ0v) is 16.2. The zero-order valence-electron chi connectivity index (χ0n) is 16.2. The van der Waals surface area contributed by atoms with Gasteiger partial charge in [0.2, 0.25) is 5.88 Å². The summed E-state index contributed by atoms with van der Waals surface area (Å²) in [6.07, 6.45) is 6.49. The Morgan fingerprint density at radius 3 is 2.57 bits per heavy atom. The van der Waals surface area contributed by atoms with Gasteiger partial charge in [0.15, 0.2) is 0 Å². The summed E-state index contributed by atoms with van der Waals surface area (Å²) < 4.78 is 6.65. The van der Waals surface area contributed by atoms with E-state index in [-0.39, 0.29) is 18.0 Å². The molecule has 1 amide bonds. The van der Waals surface area contributed by atoms with Crippen molar-refractivity contribution in [2.75, 3.05) is 12.4 Å². The first-order chi connectivity index (χ1) is 13.4. The number of hydrogen-bond acceptors (Lipinski definition) is 6. The van der Waals surface area contributed by atoms with Crippen molar-refractivity contribution in [2.24, 2.45) is 0 Å². The van der Waals surface area contributed by atoms with E-state index in [0.29, 0.717) is 16.9 Å². The summed E-state index contributed by atoms with van der Waals surface area (Å²) in [5.41, 5.74) is 2.88. The molecule has 0 saturated carbocycles. The number of rotatable bonds is 5. The number of nitrogens with one attached hydrogen (secondary N) is 1. The number of carbonyl (C=O) groups is 1. The molecular formula is C20H21N5O3. The van der Waals surface area contributed by atoms with Crippen LogP contribution in [0.15, 0.2) is 41.7 Å². The number of nitrogens with zero attached hydrogens (tertiary/aromatic N) is 4. The van der Waals surface area contributed by atoms with E-state index in [1.807, 2.05) is 13.8 Å². The maximum absolute atomic E-state index is 12.9. The quantitative estimate of drug-likeness (QED) is 0.730. The minimum Gasteiger partial charge on any atom is -0.480 e. The summed E-state index contributed by atoms with van der Waals surface area (Å²) in [7, 11) is 1.47. The van der Waals surface area contributed by atoms with Crippen LogP contribution in [-0.4, -0.2) is 32.5 Å². The Balaban J connectivity index is 1.95. The average molecular weight is 379 g/mol. The number of amides is 1. The Morgan fingerprint density at radius 2 is 1.89 bits per heavy atom. The molecule has 0 bridgehead atoms. The van der Waals surface area contributed by atoms with Crippen LogP contribution in [0.1, 0.15) is 32.9 Å². The van der Waals surface area contributed by atoms with Gasteiger partial charge in [0.25, 0.3) is 11.5 Å². The second kappa shape index (κ2) is 7.99. The van der Waals surface area contributed by atoms with Gasteiger partial charge >= 0.3 is 0 Å². The van der Waals surface area contributed by atoms with Crippen molar-refractivity contribution in [2.45, 2.75) is 27.3 Å². The highest BCUT2D eigenvalue weighted by Crippen LogP contribution is 2.25. The lowest BCUT2D eigenvalue weighted by atomic mass is 10.1. The summed E-state index contributed by atoms with van der Waals surface area (Å²) in [5.74, 6) is -0.224. The van der Waals surface area contributed by atoms with Gasteiger partial charge in [-0.05, 0) is 44.0 Å². The van der Waals surface area contributed by atoms with Crippen LogP contribution >= 0.6 is 0 Å². The lowest BCUT2D eigenvalue weighted by molar-refractivity contribution is 0.102. The van der Waals surface area contributed by atoms with Crippen LogP contribution < -0.4 is 15.6 Å². The number of aryl methyl sites for hydroxylation is 3. The maximum atomic E-state index is 12.9. The van der Waals surface area contributed by atoms with Crippen molar-refractivity contribution in [3.05, 3.63) is 75.4 Å². The largest absolute Gasteiger partial charge is 0.480 e. The molecule has 3 rings (SSSR count). The molecule has 0 spiro atoms. The molecule has 8 nitrogen and oxygen atoms in total. The van der Waals surface area contributed by atoms with Gasteiger partial charge in [-0.3, -0.25) is 19.6 Å². The Morgan fingerprint density at radius 1 is 1.11 bits per heavy atom. The summed E-state index contributed by atoms with van der Waals surface area (Å²) in [5, 5.41) is 2.76. The number of pyridine rings is 2. The minimum absolute atomic E-state index is 0.0628.